The molecule has 1 fully saturated rings. The first-order valence-electron chi connectivity index (χ1n) is 4.71. The molecule has 14 heavy (non-hydrogen) atoms. The van der Waals surface area contributed by atoms with Crippen molar-refractivity contribution in [2.45, 2.75) is 36.8 Å². The smallest absolute Gasteiger partial charge is 0.233 e. The molecule has 1 aliphatic heterocycles. The Hall–Kier alpha value is -0.130. The van der Waals surface area contributed by atoms with E-state index in [4.69, 9.17) is 4.74 Å². The highest BCUT2D eigenvalue weighted by molar-refractivity contribution is 9.10. The zero-order valence-electron chi connectivity index (χ0n) is 8.42. The van der Waals surface area contributed by atoms with Crippen LogP contribution in [0.5, 0.6) is 0 Å². The fourth-order valence-electron chi connectivity index (χ4n) is 1.38. The van der Waals surface area contributed by atoms with Gasteiger partial charge in [-0.2, -0.15) is 0 Å². The Morgan fingerprint density at radius 3 is 2.93 bits per heavy atom. The van der Waals surface area contributed by atoms with Crippen molar-refractivity contribution in [1.29, 1.82) is 0 Å². The molecule has 0 aromatic carbocycles. The Balaban J connectivity index is 2.40. The largest absolute Gasteiger partial charge is 0.385 e. The molecular formula is C9H16BrNO3. The highest BCUT2D eigenvalue weighted by Crippen LogP contribution is 2.24. The molecule has 3 atom stereocenters. The molecule has 1 rings (SSSR count). The van der Waals surface area contributed by atoms with E-state index in [9.17, 15) is 9.90 Å². The summed E-state index contributed by atoms with van der Waals surface area (Å²) in [6, 6.07) is 0. The van der Waals surface area contributed by atoms with Crippen molar-refractivity contribution in [2.75, 3.05) is 13.2 Å². The van der Waals surface area contributed by atoms with E-state index in [2.05, 4.69) is 21.2 Å². The molecule has 0 saturated carbocycles. The van der Waals surface area contributed by atoms with Crippen molar-refractivity contribution in [1.82, 2.24) is 5.32 Å². The molecule has 0 aliphatic carbocycles. The van der Waals surface area contributed by atoms with Crippen LogP contribution in [0.4, 0.5) is 0 Å². The third-order valence-electron chi connectivity index (χ3n) is 2.59. The molecule has 0 bridgehead atoms. The minimum absolute atomic E-state index is 0.113. The van der Waals surface area contributed by atoms with Gasteiger partial charge in [0.15, 0.2) is 0 Å². The minimum Gasteiger partial charge on any atom is -0.385 e. The first-order valence-corrected chi connectivity index (χ1v) is 5.63. The molecule has 0 radical (unpaired) electrons. The van der Waals surface area contributed by atoms with Gasteiger partial charge in [-0.1, -0.05) is 15.9 Å². The molecule has 0 aromatic rings. The van der Waals surface area contributed by atoms with Gasteiger partial charge < -0.3 is 15.2 Å². The number of carbonyl (C=O) groups excluding carboxylic acids is 1. The van der Waals surface area contributed by atoms with Crippen LogP contribution < -0.4 is 5.32 Å². The van der Waals surface area contributed by atoms with E-state index < -0.39 is 5.60 Å². The van der Waals surface area contributed by atoms with E-state index in [1.54, 1.807) is 6.92 Å². The fraction of sp³-hybridized carbons (Fsp3) is 0.889. The van der Waals surface area contributed by atoms with Crippen LogP contribution in [0.25, 0.3) is 0 Å². The summed E-state index contributed by atoms with van der Waals surface area (Å²) in [4.78, 5) is 11.0. The van der Waals surface area contributed by atoms with Gasteiger partial charge >= 0.3 is 0 Å². The van der Waals surface area contributed by atoms with Gasteiger partial charge in [-0.25, -0.2) is 0 Å². The van der Waals surface area contributed by atoms with Crippen LogP contribution in [-0.2, 0) is 9.53 Å². The Bertz CT molecular complexity index is 222. The molecule has 5 heteroatoms. The molecule has 3 unspecified atom stereocenters. The number of hydrogen-bond donors (Lipinski definition) is 2. The predicted molar refractivity (Wildman–Crippen MR) is 56.4 cm³/mol. The third kappa shape index (κ3) is 2.68. The Morgan fingerprint density at radius 1 is 1.86 bits per heavy atom. The van der Waals surface area contributed by atoms with Crippen LogP contribution in [-0.4, -0.2) is 40.7 Å². The second-order valence-electron chi connectivity index (χ2n) is 3.70. The van der Waals surface area contributed by atoms with E-state index in [0.717, 1.165) is 0 Å². The van der Waals surface area contributed by atoms with Gasteiger partial charge in [-0.15, -0.1) is 0 Å². The standard InChI is InChI=1S/C9H16BrNO3/c1-6(10)8(12)11-5-9(13)3-4-14-7(9)2/h6-7,13H,3-5H2,1-2H3,(H,11,12). The number of hydrogen-bond acceptors (Lipinski definition) is 3. The average Bonchev–Trinajstić information content (AvgIpc) is 2.44. The van der Waals surface area contributed by atoms with Gasteiger partial charge in [0.25, 0.3) is 0 Å². The van der Waals surface area contributed by atoms with Gasteiger partial charge in [0.1, 0.15) is 5.60 Å². The summed E-state index contributed by atoms with van der Waals surface area (Å²) in [7, 11) is 0. The van der Waals surface area contributed by atoms with Crippen molar-refractivity contribution in [3.8, 4) is 0 Å². The fourth-order valence-corrected chi connectivity index (χ4v) is 1.55. The highest BCUT2D eigenvalue weighted by atomic mass is 79.9. The molecule has 1 heterocycles. The molecular weight excluding hydrogens is 250 g/mol. The van der Waals surface area contributed by atoms with E-state index in [0.29, 0.717) is 13.0 Å². The lowest BCUT2D eigenvalue weighted by molar-refractivity contribution is -0.122. The second kappa shape index (κ2) is 4.59. The Morgan fingerprint density at radius 2 is 2.50 bits per heavy atom. The maximum absolute atomic E-state index is 11.2. The Labute approximate surface area is 92.1 Å². The average molecular weight is 266 g/mol. The number of halogens is 1. The third-order valence-corrected chi connectivity index (χ3v) is 3.01. The second-order valence-corrected chi connectivity index (χ2v) is 5.07. The number of alkyl halides is 1. The summed E-state index contributed by atoms with van der Waals surface area (Å²) < 4.78 is 5.25. The molecule has 82 valence electrons. The summed E-state index contributed by atoms with van der Waals surface area (Å²) >= 11 is 3.16. The minimum atomic E-state index is -0.905. The van der Waals surface area contributed by atoms with Crippen molar-refractivity contribution in [3.05, 3.63) is 0 Å². The number of rotatable bonds is 3. The SMILES string of the molecule is CC(Br)C(=O)NCC1(O)CCOC1C. The molecule has 2 N–H and O–H groups in total. The zero-order valence-corrected chi connectivity index (χ0v) is 10.0. The summed E-state index contributed by atoms with van der Waals surface area (Å²) in [5.74, 6) is -0.113. The maximum Gasteiger partial charge on any atom is 0.233 e. The van der Waals surface area contributed by atoms with Crippen molar-refractivity contribution in [3.63, 3.8) is 0 Å². The van der Waals surface area contributed by atoms with Crippen LogP contribution >= 0.6 is 15.9 Å². The summed E-state index contributed by atoms with van der Waals surface area (Å²) in [6.45, 7) is 4.37. The van der Waals surface area contributed by atoms with Gasteiger partial charge in [0.2, 0.25) is 5.91 Å². The van der Waals surface area contributed by atoms with Crippen molar-refractivity contribution in [2.24, 2.45) is 0 Å². The highest BCUT2D eigenvalue weighted by Gasteiger charge is 2.39. The summed E-state index contributed by atoms with van der Waals surface area (Å²) in [5.41, 5.74) is -0.905. The van der Waals surface area contributed by atoms with Gasteiger partial charge in [-0.05, 0) is 13.8 Å². The molecule has 1 amide bonds. The van der Waals surface area contributed by atoms with Crippen LogP contribution in [0.1, 0.15) is 20.3 Å². The van der Waals surface area contributed by atoms with Gasteiger partial charge in [-0.3, -0.25) is 4.79 Å². The van der Waals surface area contributed by atoms with E-state index in [1.807, 2.05) is 6.92 Å². The number of ether oxygens (including phenoxy) is 1. The van der Waals surface area contributed by atoms with E-state index in [1.165, 1.54) is 0 Å². The van der Waals surface area contributed by atoms with E-state index >= 15 is 0 Å². The molecule has 1 aliphatic rings. The normalized spacial score (nSPS) is 34.1. The number of carbonyl (C=O) groups is 1. The van der Waals surface area contributed by atoms with Crippen LogP contribution in [0.15, 0.2) is 0 Å². The summed E-state index contributed by atoms with van der Waals surface area (Å²) in [5, 5.41) is 12.7. The van der Waals surface area contributed by atoms with Crippen molar-refractivity contribution >= 4 is 21.8 Å². The molecule has 1 saturated heterocycles. The van der Waals surface area contributed by atoms with Gasteiger partial charge in [0, 0.05) is 19.6 Å². The van der Waals surface area contributed by atoms with Crippen LogP contribution in [0.2, 0.25) is 0 Å². The quantitative estimate of drug-likeness (QED) is 0.728. The van der Waals surface area contributed by atoms with E-state index in [-0.39, 0.29) is 23.4 Å². The first kappa shape index (κ1) is 11.9. The monoisotopic (exact) mass is 265 g/mol. The number of amides is 1. The summed E-state index contributed by atoms with van der Waals surface area (Å²) in [6.07, 6.45) is 0.360. The predicted octanol–water partition coefficient (Wildman–Crippen LogP) is 0.426. The number of nitrogens with one attached hydrogen (secondary N) is 1. The van der Waals surface area contributed by atoms with Crippen molar-refractivity contribution < 1.29 is 14.6 Å². The lowest BCUT2D eigenvalue weighted by Gasteiger charge is -2.26. The molecule has 0 spiro atoms. The first-order chi connectivity index (χ1) is 6.46. The van der Waals surface area contributed by atoms with Crippen LogP contribution in [0, 0.1) is 0 Å². The lowest BCUT2D eigenvalue weighted by Crippen LogP contribution is -2.48. The van der Waals surface area contributed by atoms with Gasteiger partial charge in [0.05, 0.1) is 10.9 Å². The molecule has 0 aromatic heterocycles. The zero-order chi connectivity index (χ0) is 10.8. The van der Waals surface area contributed by atoms with Crippen LogP contribution in [0.3, 0.4) is 0 Å². The topological polar surface area (TPSA) is 58.6 Å². The molecule has 4 nitrogen and oxygen atoms in total. The number of aliphatic hydroxyl groups is 1. The maximum atomic E-state index is 11.2. The Kier molecular flexibility index (Phi) is 3.92. The lowest BCUT2D eigenvalue weighted by atomic mass is 9.97.